The van der Waals surface area contributed by atoms with Crippen molar-refractivity contribution in [3.05, 3.63) is 52.3 Å². The van der Waals surface area contributed by atoms with Crippen molar-refractivity contribution >= 4 is 24.0 Å². The van der Waals surface area contributed by atoms with E-state index in [1.54, 1.807) is 27.7 Å². The number of nitrogens with zero attached hydrogens (tertiary/aromatic N) is 2. The highest BCUT2D eigenvalue weighted by Crippen LogP contribution is 2.41. The number of carboxylic acid groups (broad SMARTS) is 1. The number of likely N-dealkylation sites (tertiary alicyclic amines) is 1. The summed E-state index contributed by atoms with van der Waals surface area (Å²) in [6.07, 6.45) is -6.59. The Bertz CT molecular complexity index is 1370. The molecular formula is C30H35F3N2O8. The third kappa shape index (κ3) is 8.23. The van der Waals surface area contributed by atoms with Crippen LogP contribution in [0.25, 0.3) is 11.1 Å². The number of pyridine rings is 1. The number of carbonyl (C=O) groups excluding carboxylic acids is 3. The van der Waals surface area contributed by atoms with Gasteiger partial charge in [0, 0.05) is 18.5 Å². The van der Waals surface area contributed by atoms with Crippen LogP contribution >= 0.6 is 0 Å². The van der Waals surface area contributed by atoms with Crippen LogP contribution in [0.15, 0.2) is 24.3 Å². The highest BCUT2D eigenvalue weighted by Gasteiger charge is 2.40. The average Bonchev–Trinajstić information content (AvgIpc) is 3.40. The van der Waals surface area contributed by atoms with Crippen LogP contribution in [0.4, 0.5) is 18.0 Å². The first kappa shape index (κ1) is 33.3. The maximum Gasteiger partial charge on any atom is 0.410 e. The maximum atomic E-state index is 13.6. The molecule has 1 aromatic heterocycles. The number of carboxylic acids is 1. The molecule has 2 heterocycles. The second-order valence-corrected chi connectivity index (χ2v) is 10.8. The minimum absolute atomic E-state index is 0.0515. The summed E-state index contributed by atoms with van der Waals surface area (Å²) in [6, 6.07) is 4.25. The molecule has 3 rings (SSSR count). The van der Waals surface area contributed by atoms with E-state index in [4.69, 9.17) is 14.2 Å². The van der Waals surface area contributed by atoms with Gasteiger partial charge in [0.15, 0.2) is 0 Å². The largest absolute Gasteiger partial charge is 0.478 e. The van der Waals surface area contributed by atoms with Crippen LogP contribution < -0.4 is 0 Å². The zero-order valence-electron chi connectivity index (χ0n) is 24.7. The number of aromatic carboxylic acids is 1. The standard InChI is InChI=1S/C30H35F3N2O8/c1-6-41-26(38)22-19(14-15-30(31,32)33)34-24(20-9-8-16-35(20)28(40)43-29(3,4)5)23(27(39)42-7-2)21(22)17-10-12-18(13-11-17)25(36)37/h10-13,20H,6-9,14-16H2,1-5H3,(H,36,37). The molecule has 1 atom stereocenters. The number of aromatic nitrogens is 1. The third-order valence-corrected chi connectivity index (χ3v) is 6.52. The van der Waals surface area contributed by atoms with Crippen molar-refractivity contribution in [2.75, 3.05) is 19.8 Å². The van der Waals surface area contributed by atoms with E-state index in [2.05, 4.69) is 4.98 Å². The number of hydrogen-bond acceptors (Lipinski definition) is 8. The SMILES string of the molecule is CCOC(=O)c1c(CCC(F)(F)F)nc(C2CCCN2C(=O)OC(C)(C)C)c(C(=O)OCC)c1-c1ccc(C(=O)O)cc1. The number of amides is 1. The van der Waals surface area contributed by atoms with Crippen LogP contribution in [-0.2, 0) is 20.6 Å². The van der Waals surface area contributed by atoms with E-state index in [-0.39, 0.29) is 59.0 Å². The highest BCUT2D eigenvalue weighted by molar-refractivity contribution is 6.07. The molecule has 0 radical (unpaired) electrons. The van der Waals surface area contributed by atoms with Crippen LogP contribution in [0.1, 0.15) is 102 Å². The van der Waals surface area contributed by atoms with Crippen molar-refractivity contribution in [1.82, 2.24) is 9.88 Å². The van der Waals surface area contributed by atoms with Gasteiger partial charge in [-0.15, -0.1) is 0 Å². The van der Waals surface area contributed by atoms with E-state index < -0.39 is 54.7 Å². The van der Waals surface area contributed by atoms with Crippen LogP contribution in [-0.4, -0.2) is 70.5 Å². The van der Waals surface area contributed by atoms with Gasteiger partial charge in [-0.25, -0.2) is 19.2 Å². The predicted octanol–water partition coefficient (Wildman–Crippen LogP) is 6.37. The Morgan fingerprint density at radius 3 is 2.07 bits per heavy atom. The van der Waals surface area contributed by atoms with Crippen molar-refractivity contribution < 1.29 is 51.7 Å². The van der Waals surface area contributed by atoms with Crippen LogP contribution in [0.2, 0.25) is 0 Å². The van der Waals surface area contributed by atoms with Crippen LogP contribution in [0.3, 0.4) is 0 Å². The van der Waals surface area contributed by atoms with E-state index in [1.165, 1.54) is 36.1 Å². The predicted molar refractivity (Wildman–Crippen MR) is 148 cm³/mol. The van der Waals surface area contributed by atoms with Crippen molar-refractivity contribution in [3.8, 4) is 11.1 Å². The molecule has 1 aliphatic heterocycles. The molecule has 234 valence electrons. The lowest BCUT2D eigenvalue weighted by atomic mass is 9.88. The molecule has 1 N–H and O–H groups in total. The van der Waals surface area contributed by atoms with Crippen molar-refractivity contribution in [1.29, 1.82) is 0 Å². The quantitative estimate of drug-likeness (QED) is 0.255. The van der Waals surface area contributed by atoms with E-state index >= 15 is 0 Å². The highest BCUT2D eigenvalue weighted by atomic mass is 19.4. The molecule has 1 aromatic carbocycles. The summed E-state index contributed by atoms with van der Waals surface area (Å²) in [7, 11) is 0. The lowest BCUT2D eigenvalue weighted by molar-refractivity contribution is -0.134. The molecule has 0 saturated carbocycles. The second kappa shape index (κ2) is 13.4. The number of halogens is 3. The number of rotatable bonds is 9. The van der Waals surface area contributed by atoms with E-state index in [1.807, 2.05) is 0 Å². The molecule has 13 heteroatoms. The van der Waals surface area contributed by atoms with E-state index in [0.29, 0.717) is 12.8 Å². The summed E-state index contributed by atoms with van der Waals surface area (Å²) in [5.41, 5.74) is -1.87. The van der Waals surface area contributed by atoms with Gasteiger partial charge in [-0.05, 0) is 71.6 Å². The molecule has 1 amide bonds. The normalized spacial score (nSPS) is 15.3. The molecule has 0 bridgehead atoms. The van der Waals surface area contributed by atoms with Gasteiger partial charge in [0.05, 0.1) is 47.3 Å². The van der Waals surface area contributed by atoms with E-state index in [0.717, 1.165) is 0 Å². The Kier molecular flexibility index (Phi) is 10.4. The first-order valence-corrected chi connectivity index (χ1v) is 13.9. The molecule has 10 nitrogen and oxygen atoms in total. The lowest BCUT2D eigenvalue weighted by Gasteiger charge is -2.30. The number of esters is 2. The van der Waals surface area contributed by atoms with Crippen LogP contribution in [0, 0.1) is 0 Å². The number of ether oxygens (including phenoxy) is 3. The fraction of sp³-hybridized carbons (Fsp3) is 0.500. The molecular weight excluding hydrogens is 573 g/mol. The summed E-state index contributed by atoms with van der Waals surface area (Å²) in [4.78, 5) is 57.6. The first-order valence-electron chi connectivity index (χ1n) is 13.9. The number of hydrogen-bond donors (Lipinski definition) is 1. The number of carbonyl (C=O) groups is 4. The van der Waals surface area contributed by atoms with Gasteiger partial charge in [-0.3, -0.25) is 9.88 Å². The average molecular weight is 609 g/mol. The van der Waals surface area contributed by atoms with Crippen molar-refractivity contribution in [2.45, 2.75) is 78.1 Å². The molecule has 43 heavy (non-hydrogen) atoms. The summed E-state index contributed by atoms with van der Waals surface area (Å²) >= 11 is 0. The van der Waals surface area contributed by atoms with Gasteiger partial charge in [0.1, 0.15) is 5.60 Å². The van der Waals surface area contributed by atoms with Crippen molar-refractivity contribution in [3.63, 3.8) is 0 Å². The zero-order chi connectivity index (χ0) is 32.1. The fourth-order valence-electron chi connectivity index (χ4n) is 4.83. The van der Waals surface area contributed by atoms with Gasteiger partial charge in [-0.2, -0.15) is 13.2 Å². The van der Waals surface area contributed by atoms with Gasteiger partial charge in [0.2, 0.25) is 0 Å². The van der Waals surface area contributed by atoms with Crippen molar-refractivity contribution in [2.24, 2.45) is 0 Å². The number of alkyl halides is 3. The molecule has 1 fully saturated rings. The Labute approximate surface area is 247 Å². The summed E-state index contributed by atoms with van der Waals surface area (Å²) in [6.45, 7) is 8.13. The summed E-state index contributed by atoms with van der Waals surface area (Å²) in [5, 5.41) is 9.40. The second-order valence-electron chi connectivity index (χ2n) is 10.8. The summed E-state index contributed by atoms with van der Waals surface area (Å²) in [5.74, 6) is -3.17. The number of benzene rings is 1. The van der Waals surface area contributed by atoms with Gasteiger partial charge in [-0.1, -0.05) is 12.1 Å². The maximum absolute atomic E-state index is 13.6. The molecule has 0 aliphatic carbocycles. The van der Waals surface area contributed by atoms with Gasteiger partial charge < -0.3 is 19.3 Å². The Balaban J connectivity index is 2.43. The monoisotopic (exact) mass is 608 g/mol. The Morgan fingerprint density at radius 1 is 0.977 bits per heavy atom. The van der Waals surface area contributed by atoms with E-state index in [9.17, 15) is 37.5 Å². The minimum atomic E-state index is -4.60. The Hall–Kier alpha value is -4.16. The van der Waals surface area contributed by atoms with Gasteiger partial charge >= 0.3 is 30.2 Å². The number of aryl methyl sites for hydroxylation is 1. The topological polar surface area (TPSA) is 132 Å². The third-order valence-electron chi connectivity index (χ3n) is 6.52. The molecule has 1 unspecified atom stereocenters. The summed E-state index contributed by atoms with van der Waals surface area (Å²) < 4.78 is 56.5. The Morgan fingerprint density at radius 2 is 1.56 bits per heavy atom. The van der Waals surface area contributed by atoms with Crippen LogP contribution in [0.5, 0.6) is 0 Å². The smallest absolute Gasteiger partial charge is 0.410 e. The zero-order valence-corrected chi connectivity index (χ0v) is 24.7. The molecule has 1 aliphatic rings. The molecule has 0 spiro atoms. The fourth-order valence-corrected chi connectivity index (χ4v) is 4.83. The lowest BCUT2D eigenvalue weighted by Crippen LogP contribution is -2.37. The molecule has 2 aromatic rings. The molecule has 1 saturated heterocycles. The first-order chi connectivity index (χ1) is 20.1. The van der Waals surface area contributed by atoms with Gasteiger partial charge in [0.25, 0.3) is 0 Å². The minimum Gasteiger partial charge on any atom is -0.478 e.